The Morgan fingerprint density at radius 2 is 2.00 bits per heavy atom. The van der Waals surface area contributed by atoms with E-state index in [9.17, 15) is 4.79 Å². The summed E-state index contributed by atoms with van der Waals surface area (Å²) in [5.41, 5.74) is 1.27. The molecular formula is C15H10BrClN4O. The Balaban J connectivity index is 1.80. The van der Waals surface area contributed by atoms with Gasteiger partial charge in [0.1, 0.15) is 6.54 Å². The van der Waals surface area contributed by atoms with Crippen LogP contribution in [-0.2, 0) is 6.54 Å². The van der Waals surface area contributed by atoms with Crippen molar-refractivity contribution in [3.05, 3.63) is 63.6 Å². The number of halogens is 2. The Hall–Kier alpha value is -2.05. The molecule has 7 heteroatoms. The molecule has 0 amide bonds. The maximum atomic E-state index is 12.2. The molecule has 0 saturated heterocycles. The minimum absolute atomic E-state index is 0.0217. The van der Waals surface area contributed by atoms with Gasteiger partial charge in [-0.05, 0) is 29.5 Å². The topological polar surface area (TPSA) is 60.7 Å². The van der Waals surface area contributed by atoms with Gasteiger partial charge in [-0.3, -0.25) is 4.79 Å². The highest BCUT2D eigenvalue weighted by Crippen LogP contribution is 2.23. The van der Waals surface area contributed by atoms with Crippen molar-refractivity contribution in [3.8, 4) is 11.4 Å². The summed E-state index contributed by atoms with van der Waals surface area (Å²) in [5.74, 6) is 0.303. The van der Waals surface area contributed by atoms with Gasteiger partial charge in [0.05, 0.1) is 5.02 Å². The van der Waals surface area contributed by atoms with Crippen molar-refractivity contribution in [2.45, 2.75) is 6.54 Å². The fraction of sp³-hybridized carbons (Fsp3) is 0.0667. The van der Waals surface area contributed by atoms with Crippen molar-refractivity contribution >= 4 is 33.3 Å². The van der Waals surface area contributed by atoms with Gasteiger partial charge in [-0.25, -0.2) is 0 Å². The molecule has 0 radical (unpaired) electrons. The molecule has 0 fully saturated rings. The van der Waals surface area contributed by atoms with Crippen LogP contribution in [0.3, 0.4) is 0 Å². The molecule has 3 rings (SSSR count). The normalized spacial score (nSPS) is 10.6. The zero-order chi connectivity index (χ0) is 15.5. The van der Waals surface area contributed by atoms with E-state index in [0.717, 1.165) is 4.47 Å². The Bertz CT molecular complexity index is 834. The number of carbonyl (C=O) groups is 1. The van der Waals surface area contributed by atoms with Crippen LogP contribution in [0.2, 0.25) is 5.02 Å². The second-order valence-electron chi connectivity index (χ2n) is 4.56. The summed E-state index contributed by atoms with van der Waals surface area (Å²) in [6, 6.07) is 14.4. The summed E-state index contributed by atoms with van der Waals surface area (Å²) in [4.78, 5) is 13.5. The average molecular weight is 378 g/mol. The lowest BCUT2D eigenvalue weighted by Gasteiger charge is -2.00. The molecule has 0 spiro atoms. The van der Waals surface area contributed by atoms with Crippen LogP contribution >= 0.6 is 27.5 Å². The van der Waals surface area contributed by atoms with E-state index in [0.29, 0.717) is 22.0 Å². The summed E-state index contributed by atoms with van der Waals surface area (Å²) in [6.45, 7) is 0.0217. The molecule has 0 unspecified atom stereocenters. The van der Waals surface area contributed by atoms with Gasteiger partial charge in [-0.2, -0.15) is 4.80 Å². The SMILES string of the molecule is O=C(Cn1nnc(-c2ccccc2Cl)n1)c1cccc(Br)c1. The molecule has 0 atom stereocenters. The molecule has 0 saturated carbocycles. The Labute approximate surface area is 140 Å². The predicted molar refractivity (Wildman–Crippen MR) is 86.7 cm³/mol. The highest BCUT2D eigenvalue weighted by molar-refractivity contribution is 9.10. The van der Waals surface area contributed by atoms with Gasteiger partial charge in [-0.15, -0.1) is 10.2 Å². The molecule has 2 aromatic carbocycles. The highest BCUT2D eigenvalue weighted by atomic mass is 79.9. The van der Waals surface area contributed by atoms with Gasteiger partial charge >= 0.3 is 0 Å². The second kappa shape index (κ2) is 6.37. The lowest BCUT2D eigenvalue weighted by molar-refractivity contribution is 0.0961. The summed E-state index contributed by atoms with van der Waals surface area (Å²) in [6.07, 6.45) is 0. The molecule has 5 nitrogen and oxygen atoms in total. The van der Waals surface area contributed by atoms with Crippen LogP contribution in [0.25, 0.3) is 11.4 Å². The molecule has 3 aromatic rings. The van der Waals surface area contributed by atoms with Gasteiger partial charge in [0, 0.05) is 15.6 Å². The third kappa shape index (κ3) is 3.23. The molecule has 0 aliphatic carbocycles. The van der Waals surface area contributed by atoms with E-state index in [1.54, 1.807) is 30.3 Å². The predicted octanol–water partition coefficient (Wildman–Crippen LogP) is 3.64. The lowest BCUT2D eigenvalue weighted by Crippen LogP contribution is -2.13. The summed E-state index contributed by atoms with van der Waals surface area (Å²) in [5, 5.41) is 12.6. The summed E-state index contributed by atoms with van der Waals surface area (Å²) >= 11 is 9.44. The first-order valence-corrected chi connectivity index (χ1v) is 7.62. The number of rotatable bonds is 4. The quantitative estimate of drug-likeness (QED) is 0.651. The van der Waals surface area contributed by atoms with E-state index in [2.05, 4.69) is 31.3 Å². The second-order valence-corrected chi connectivity index (χ2v) is 5.88. The van der Waals surface area contributed by atoms with Crippen molar-refractivity contribution < 1.29 is 4.79 Å². The maximum Gasteiger partial charge on any atom is 0.206 e. The number of tetrazole rings is 1. The van der Waals surface area contributed by atoms with Crippen molar-refractivity contribution in [2.24, 2.45) is 0 Å². The van der Waals surface area contributed by atoms with Gasteiger partial charge in [0.15, 0.2) is 5.78 Å². The smallest absolute Gasteiger partial charge is 0.206 e. The number of carbonyl (C=O) groups excluding carboxylic acids is 1. The van der Waals surface area contributed by atoms with E-state index in [1.165, 1.54) is 4.80 Å². The standard InChI is InChI=1S/C15H10BrClN4O/c16-11-5-3-4-10(8-11)14(22)9-21-19-15(18-20-21)12-6-1-2-7-13(12)17/h1-8H,9H2. The number of hydrogen-bond acceptors (Lipinski definition) is 4. The Morgan fingerprint density at radius 3 is 2.77 bits per heavy atom. The minimum Gasteiger partial charge on any atom is -0.292 e. The van der Waals surface area contributed by atoms with Crippen LogP contribution in [-0.4, -0.2) is 26.0 Å². The van der Waals surface area contributed by atoms with E-state index in [-0.39, 0.29) is 12.3 Å². The molecule has 0 aliphatic heterocycles. The molecule has 22 heavy (non-hydrogen) atoms. The third-order valence-corrected chi connectivity index (χ3v) is 3.82. The lowest BCUT2D eigenvalue weighted by atomic mass is 10.1. The van der Waals surface area contributed by atoms with Gasteiger partial charge in [-0.1, -0.05) is 51.8 Å². The Kier molecular flexibility index (Phi) is 4.31. The van der Waals surface area contributed by atoms with Crippen LogP contribution in [0, 0.1) is 0 Å². The first-order valence-electron chi connectivity index (χ1n) is 6.45. The van der Waals surface area contributed by atoms with Crippen molar-refractivity contribution in [1.82, 2.24) is 20.2 Å². The van der Waals surface area contributed by atoms with Gasteiger partial charge in [0.2, 0.25) is 5.82 Å². The first kappa shape index (κ1) is 14.9. The minimum atomic E-state index is -0.0931. The van der Waals surface area contributed by atoms with Crippen LogP contribution in [0.5, 0.6) is 0 Å². The van der Waals surface area contributed by atoms with Crippen LogP contribution in [0.1, 0.15) is 10.4 Å². The monoisotopic (exact) mass is 376 g/mol. The van der Waals surface area contributed by atoms with Crippen LogP contribution in [0.4, 0.5) is 0 Å². The zero-order valence-corrected chi connectivity index (χ0v) is 13.6. The largest absolute Gasteiger partial charge is 0.292 e. The number of aromatic nitrogens is 4. The highest BCUT2D eigenvalue weighted by Gasteiger charge is 2.12. The zero-order valence-electron chi connectivity index (χ0n) is 11.3. The van der Waals surface area contributed by atoms with Gasteiger partial charge in [0.25, 0.3) is 0 Å². The summed E-state index contributed by atoms with van der Waals surface area (Å²) < 4.78 is 0.849. The molecule has 0 N–H and O–H groups in total. The van der Waals surface area contributed by atoms with Crippen LogP contribution in [0.15, 0.2) is 53.0 Å². The van der Waals surface area contributed by atoms with Crippen molar-refractivity contribution in [2.75, 3.05) is 0 Å². The number of benzene rings is 2. The molecule has 110 valence electrons. The fourth-order valence-corrected chi connectivity index (χ4v) is 2.56. The number of ketones is 1. The van der Waals surface area contributed by atoms with Crippen molar-refractivity contribution in [3.63, 3.8) is 0 Å². The van der Waals surface area contributed by atoms with E-state index >= 15 is 0 Å². The number of nitrogens with zero attached hydrogens (tertiary/aromatic N) is 4. The number of Topliss-reactive ketones (excluding diaryl/α,β-unsaturated/α-hetero) is 1. The van der Waals surface area contributed by atoms with Gasteiger partial charge < -0.3 is 0 Å². The average Bonchev–Trinajstić information content (AvgIpc) is 2.96. The van der Waals surface area contributed by atoms with E-state index in [4.69, 9.17) is 11.6 Å². The van der Waals surface area contributed by atoms with Crippen LogP contribution < -0.4 is 0 Å². The van der Waals surface area contributed by atoms with E-state index < -0.39 is 0 Å². The summed E-state index contributed by atoms with van der Waals surface area (Å²) in [7, 11) is 0. The molecule has 1 heterocycles. The van der Waals surface area contributed by atoms with Crippen molar-refractivity contribution in [1.29, 1.82) is 0 Å². The maximum absolute atomic E-state index is 12.2. The fourth-order valence-electron chi connectivity index (χ4n) is 1.94. The molecule has 0 bridgehead atoms. The number of hydrogen-bond donors (Lipinski definition) is 0. The molecule has 1 aromatic heterocycles. The molecule has 0 aliphatic rings. The third-order valence-electron chi connectivity index (χ3n) is 3.00. The van der Waals surface area contributed by atoms with E-state index in [1.807, 2.05) is 18.2 Å². The molecular weight excluding hydrogens is 368 g/mol. The Morgan fingerprint density at radius 1 is 1.18 bits per heavy atom. The first-order chi connectivity index (χ1) is 10.6.